The van der Waals surface area contributed by atoms with Crippen molar-refractivity contribution in [3.8, 4) is 0 Å². The average molecular weight is 212 g/mol. The zero-order valence-electron chi connectivity index (χ0n) is 7.21. The number of carbonyl (C=O) groups is 1. The summed E-state index contributed by atoms with van der Waals surface area (Å²) in [5, 5.41) is 5.45. The second-order valence-corrected chi connectivity index (χ2v) is 2.98. The Morgan fingerprint density at radius 2 is 2.43 bits per heavy atom. The first-order valence-electron chi connectivity index (χ1n) is 3.81. The Hall–Kier alpha value is -1.69. The lowest BCUT2D eigenvalue weighted by molar-refractivity contribution is -0.114. The van der Waals surface area contributed by atoms with Gasteiger partial charge in [-0.25, -0.2) is 0 Å². The van der Waals surface area contributed by atoms with Gasteiger partial charge in [-0.15, -0.1) is 0 Å². The Balaban J connectivity index is 2.40. The minimum absolute atomic E-state index is 0.155. The van der Waals surface area contributed by atoms with Crippen LogP contribution in [0, 0.1) is 0 Å². The van der Waals surface area contributed by atoms with Crippen LogP contribution >= 0.6 is 11.6 Å². The third kappa shape index (κ3) is 1.51. The third-order valence-electron chi connectivity index (χ3n) is 1.53. The lowest BCUT2D eigenvalue weighted by atomic mass is 10.5. The molecule has 0 bridgehead atoms. The van der Waals surface area contributed by atoms with E-state index in [-0.39, 0.29) is 17.0 Å². The predicted octanol–water partition coefficient (Wildman–Crippen LogP) is 0.509. The van der Waals surface area contributed by atoms with Crippen molar-refractivity contribution >= 4 is 41.3 Å². The number of amides is 1. The van der Waals surface area contributed by atoms with Crippen LogP contribution in [0.15, 0.2) is 0 Å². The monoisotopic (exact) mass is 211 g/mol. The first kappa shape index (κ1) is 8.89. The van der Waals surface area contributed by atoms with E-state index < -0.39 is 0 Å². The topological polar surface area (TPSA) is 81.0 Å². The smallest absolute Gasteiger partial charge is 0.280 e. The molecule has 2 N–H and O–H groups in total. The van der Waals surface area contributed by atoms with Crippen molar-refractivity contribution in [2.45, 2.75) is 6.92 Å². The number of fused-ring (bicyclic) bond motifs is 1. The number of hydrogen-bond donors (Lipinski definition) is 2. The third-order valence-corrected chi connectivity index (χ3v) is 1.80. The van der Waals surface area contributed by atoms with Gasteiger partial charge in [0, 0.05) is 6.92 Å². The first-order valence-corrected chi connectivity index (χ1v) is 4.19. The highest BCUT2D eigenvalue weighted by Gasteiger charge is 2.24. The van der Waals surface area contributed by atoms with Gasteiger partial charge in [0.15, 0.2) is 5.15 Å². The molecule has 0 aromatic carbocycles. The standard InChI is InChI=1S/C7H6ClN5O/c1-3(14)11-7-12-5(8)4-6(13-7)10-2-9-4/h2,9H,1H3,(H,11,12,13,14)/q+1. The van der Waals surface area contributed by atoms with Crippen LogP contribution in [0.2, 0.25) is 5.15 Å². The van der Waals surface area contributed by atoms with E-state index in [1.165, 1.54) is 13.3 Å². The Labute approximate surface area is 84.4 Å². The summed E-state index contributed by atoms with van der Waals surface area (Å²) in [4.78, 5) is 22.5. The minimum atomic E-state index is -0.254. The molecule has 1 amide bonds. The maximum atomic E-state index is 10.7. The summed E-state index contributed by atoms with van der Waals surface area (Å²) in [6.45, 7) is 1.37. The van der Waals surface area contributed by atoms with Gasteiger partial charge in [0.1, 0.15) is 0 Å². The summed E-state index contributed by atoms with van der Waals surface area (Å²) in [7, 11) is 0. The fourth-order valence-electron chi connectivity index (χ4n) is 1.01. The van der Waals surface area contributed by atoms with E-state index in [0.29, 0.717) is 11.5 Å². The van der Waals surface area contributed by atoms with Gasteiger partial charge in [0.25, 0.3) is 0 Å². The van der Waals surface area contributed by atoms with Gasteiger partial charge in [-0.05, 0) is 0 Å². The molecule has 1 aliphatic heterocycles. The lowest BCUT2D eigenvalue weighted by Gasteiger charge is -1.97. The number of nitrogens with one attached hydrogen (secondary N) is 2. The normalized spacial score (nSPS) is 12.1. The number of aromatic nitrogens is 2. The molecule has 7 heteroatoms. The van der Waals surface area contributed by atoms with Crippen molar-refractivity contribution in [1.82, 2.24) is 15.0 Å². The maximum Gasteiger partial charge on any atom is 0.342 e. The fraction of sp³-hybridized carbons (Fsp3) is 0.143. The number of halogens is 1. The van der Waals surface area contributed by atoms with Crippen molar-refractivity contribution in [1.29, 1.82) is 0 Å². The molecule has 1 aromatic rings. The van der Waals surface area contributed by atoms with Crippen molar-refractivity contribution in [3.63, 3.8) is 0 Å². The first-order chi connectivity index (χ1) is 6.66. The molecule has 14 heavy (non-hydrogen) atoms. The van der Waals surface area contributed by atoms with Gasteiger partial charge in [0.2, 0.25) is 17.9 Å². The number of hydrogen-bond acceptors (Lipinski definition) is 5. The summed E-state index contributed by atoms with van der Waals surface area (Å²) in [6, 6.07) is 0. The Kier molecular flexibility index (Phi) is 2.05. The van der Waals surface area contributed by atoms with Crippen LogP contribution in [0.3, 0.4) is 0 Å². The molecule has 0 saturated heterocycles. The summed E-state index contributed by atoms with van der Waals surface area (Å²) < 4.78 is 0. The van der Waals surface area contributed by atoms with Crippen LogP contribution in [0.5, 0.6) is 0 Å². The molecule has 0 aliphatic carbocycles. The van der Waals surface area contributed by atoms with Gasteiger partial charge in [-0.3, -0.25) is 15.4 Å². The van der Waals surface area contributed by atoms with Crippen molar-refractivity contribution in [3.05, 3.63) is 5.15 Å². The molecule has 6 nitrogen and oxygen atoms in total. The Morgan fingerprint density at radius 3 is 3.14 bits per heavy atom. The second-order valence-electron chi connectivity index (χ2n) is 2.62. The van der Waals surface area contributed by atoms with Crippen molar-refractivity contribution in [2.75, 3.05) is 10.6 Å². The van der Waals surface area contributed by atoms with E-state index in [4.69, 9.17) is 11.6 Å². The average Bonchev–Trinajstić information content (AvgIpc) is 2.50. The zero-order chi connectivity index (χ0) is 10.1. The molecule has 0 saturated carbocycles. The number of rotatable bonds is 1. The highest BCUT2D eigenvalue weighted by molar-refractivity contribution is 6.33. The quantitative estimate of drug-likeness (QED) is 0.664. The summed E-state index contributed by atoms with van der Waals surface area (Å²) in [6.07, 6.45) is 1.46. The minimum Gasteiger partial charge on any atom is -0.280 e. The maximum absolute atomic E-state index is 10.7. The molecule has 1 aliphatic rings. The van der Waals surface area contributed by atoms with Crippen LogP contribution < -0.4 is 15.6 Å². The number of nitrogens with zero attached hydrogens (tertiary/aromatic N) is 3. The van der Waals surface area contributed by atoms with Gasteiger partial charge in [-0.2, -0.15) is 4.98 Å². The number of anilines is 2. The Morgan fingerprint density at radius 1 is 1.64 bits per heavy atom. The Bertz CT molecular complexity index is 430. The molecule has 71 valence electrons. The second kappa shape index (κ2) is 3.22. The highest BCUT2D eigenvalue weighted by atomic mass is 35.5. The summed E-state index contributed by atoms with van der Waals surface area (Å²) >= 11 is 5.81. The predicted molar refractivity (Wildman–Crippen MR) is 52.8 cm³/mol. The van der Waals surface area contributed by atoms with Crippen molar-refractivity contribution < 1.29 is 4.79 Å². The van der Waals surface area contributed by atoms with Crippen LogP contribution in [-0.2, 0) is 4.79 Å². The van der Waals surface area contributed by atoms with E-state index in [0.717, 1.165) is 0 Å². The van der Waals surface area contributed by atoms with Crippen LogP contribution in [0.4, 0.5) is 17.5 Å². The number of carbonyl (C=O) groups excluding carboxylic acids is 1. The van der Waals surface area contributed by atoms with E-state index in [2.05, 4.69) is 25.6 Å². The van der Waals surface area contributed by atoms with Crippen LogP contribution in [-0.4, -0.2) is 22.2 Å². The molecule has 0 fully saturated rings. The molecular weight excluding hydrogens is 206 g/mol. The van der Waals surface area contributed by atoms with Crippen molar-refractivity contribution in [2.24, 2.45) is 0 Å². The lowest BCUT2D eigenvalue weighted by Crippen LogP contribution is -2.09. The molecule has 0 atom stereocenters. The highest BCUT2D eigenvalue weighted by Crippen LogP contribution is 2.29. The molecule has 1 radical (unpaired) electrons. The van der Waals surface area contributed by atoms with Gasteiger partial charge in [0.05, 0.1) is 0 Å². The largest absolute Gasteiger partial charge is 0.342 e. The van der Waals surface area contributed by atoms with E-state index >= 15 is 0 Å². The molecule has 1 aromatic heterocycles. The molecule has 0 spiro atoms. The molecule has 2 rings (SSSR count). The SMILES string of the molecule is CC(=O)Nc1nc(Cl)c2c(n1)[N+]=CN2. The van der Waals surface area contributed by atoms with Crippen LogP contribution in [0.25, 0.3) is 0 Å². The molecule has 0 unspecified atom stereocenters. The van der Waals surface area contributed by atoms with Gasteiger partial charge < -0.3 is 0 Å². The van der Waals surface area contributed by atoms with Gasteiger partial charge >= 0.3 is 11.8 Å². The fourth-order valence-corrected chi connectivity index (χ4v) is 1.23. The van der Waals surface area contributed by atoms with E-state index in [1.54, 1.807) is 0 Å². The number of aliphatic imine (C=N–C) groups is 1. The van der Waals surface area contributed by atoms with Crippen LogP contribution in [0.1, 0.15) is 6.92 Å². The molecule has 2 heterocycles. The zero-order valence-corrected chi connectivity index (χ0v) is 7.96. The summed E-state index contributed by atoms with van der Waals surface area (Å²) in [5.74, 6) is 0.326. The summed E-state index contributed by atoms with van der Waals surface area (Å²) in [5.41, 5.74) is 0.556. The van der Waals surface area contributed by atoms with E-state index in [1.807, 2.05) is 0 Å². The molecular formula is C7H6ClN5O+. The van der Waals surface area contributed by atoms with Gasteiger partial charge in [-0.1, -0.05) is 21.6 Å². The van der Waals surface area contributed by atoms with E-state index in [9.17, 15) is 4.79 Å².